The van der Waals surface area contributed by atoms with Crippen molar-refractivity contribution in [1.82, 2.24) is 4.90 Å². The lowest BCUT2D eigenvalue weighted by Gasteiger charge is -2.22. The van der Waals surface area contributed by atoms with Crippen LogP contribution in [0.15, 0.2) is 49.1 Å². The van der Waals surface area contributed by atoms with Crippen LogP contribution in [0.3, 0.4) is 0 Å². The Labute approximate surface area is 153 Å². The van der Waals surface area contributed by atoms with E-state index in [-0.39, 0.29) is 24.1 Å². The standard InChI is InChI=1S/C20H25NO5/c1-2-13-26-14-18(22)9-7-17-8-10-19(23)21(17)12-11-15-3-5-16(6-4-15)20(24)25/h2-7,9,17-18,22H,1,8,10-14H2,(H,24,25). The molecule has 2 N–H and O–H groups in total. The number of aromatic carboxylic acids is 1. The summed E-state index contributed by atoms with van der Waals surface area (Å²) in [4.78, 5) is 24.8. The molecule has 0 bridgehead atoms. The second-order valence-electron chi connectivity index (χ2n) is 6.22. The van der Waals surface area contributed by atoms with E-state index in [9.17, 15) is 14.7 Å². The quantitative estimate of drug-likeness (QED) is 0.493. The number of amides is 1. The summed E-state index contributed by atoms with van der Waals surface area (Å²) in [6.45, 7) is 4.69. The topological polar surface area (TPSA) is 87.1 Å². The smallest absolute Gasteiger partial charge is 0.335 e. The van der Waals surface area contributed by atoms with Crippen LogP contribution in [-0.2, 0) is 16.0 Å². The van der Waals surface area contributed by atoms with Crippen LogP contribution in [0.1, 0.15) is 28.8 Å². The van der Waals surface area contributed by atoms with E-state index in [1.165, 1.54) is 0 Å². The Morgan fingerprint density at radius 3 is 2.77 bits per heavy atom. The molecular formula is C20H25NO5. The minimum Gasteiger partial charge on any atom is -0.478 e. The maximum atomic E-state index is 12.1. The lowest BCUT2D eigenvalue weighted by atomic mass is 10.1. The van der Waals surface area contributed by atoms with Crippen LogP contribution in [0.2, 0.25) is 0 Å². The number of rotatable bonds is 10. The summed E-state index contributed by atoms with van der Waals surface area (Å²) in [6, 6.07) is 6.65. The third-order valence-corrected chi connectivity index (χ3v) is 4.30. The molecule has 0 radical (unpaired) electrons. The molecule has 0 aromatic heterocycles. The molecule has 1 amide bonds. The molecule has 2 rings (SSSR count). The van der Waals surface area contributed by atoms with Crippen LogP contribution in [0.25, 0.3) is 0 Å². The van der Waals surface area contributed by atoms with Gasteiger partial charge in [-0.15, -0.1) is 6.58 Å². The summed E-state index contributed by atoms with van der Waals surface area (Å²) in [6.07, 6.45) is 6.32. The Kier molecular flexibility index (Phi) is 7.56. The van der Waals surface area contributed by atoms with Crippen LogP contribution < -0.4 is 0 Å². The van der Waals surface area contributed by atoms with Crippen LogP contribution in [0.4, 0.5) is 0 Å². The molecule has 0 saturated carbocycles. The van der Waals surface area contributed by atoms with E-state index in [4.69, 9.17) is 9.84 Å². The molecule has 140 valence electrons. The van der Waals surface area contributed by atoms with Crippen molar-refractivity contribution >= 4 is 11.9 Å². The molecule has 2 unspecified atom stereocenters. The zero-order valence-electron chi connectivity index (χ0n) is 14.7. The van der Waals surface area contributed by atoms with Crippen molar-refractivity contribution in [2.45, 2.75) is 31.4 Å². The van der Waals surface area contributed by atoms with Gasteiger partial charge in [-0.3, -0.25) is 4.79 Å². The number of benzene rings is 1. The van der Waals surface area contributed by atoms with Crippen LogP contribution in [0, 0.1) is 0 Å². The van der Waals surface area contributed by atoms with E-state index < -0.39 is 12.1 Å². The van der Waals surface area contributed by atoms with Gasteiger partial charge in [0, 0.05) is 13.0 Å². The van der Waals surface area contributed by atoms with Gasteiger partial charge in [-0.2, -0.15) is 0 Å². The molecular weight excluding hydrogens is 334 g/mol. The highest BCUT2D eigenvalue weighted by atomic mass is 16.5. The summed E-state index contributed by atoms with van der Waals surface area (Å²) in [7, 11) is 0. The molecule has 1 fully saturated rings. The van der Waals surface area contributed by atoms with Gasteiger partial charge in [0.05, 0.1) is 30.9 Å². The Morgan fingerprint density at radius 1 is 1.38 bits per heavy atom. The monoisotopic (exact) mass is 359 g/mol. The second-order valence-corrected chi connectivity index (χ2v) is 6.22. The number of carbonyl (C=O) groups excluding carboxylic acids is 1. The number of aliphatic hydroxyl groups is 1. The van der Waals surface area contributed by atoms with Crippen molar-refractivity contribution in [2.75, 3.05) is 19.8 Å². The van der Waals surface area contributed by atoms with Gasteiger partial charge in [0.1, 0.15) is 0 Å². The third-order valence-electron chi connectivity index (χ3n) is 4.30. The van der Waals surface area contributed by atoms with Gasteiger partial charge in [-0.1, -0.05) is 30.4 Å². The highest BCUT2D eigenvalue weighted by Gasteiger charge is 2.28. The molecule has 1 heterocycles. The molecule has 1 aliphatic rings. The lowest BCUT2D eigenvalue weighted by molar-refractivity contribution is -0.128. The zero-order valence-corrected chi connectivity index (χ0v) is 14.7. The van der Waals surface area contributed by atoms with Crippen molar-refractivity contribution in [1.29, 1.82) is 0 Å². The fourth-order valence-corrected chi connectivity index (χ4v) is 2.89. The number of nitrogens with zero attached hydrogens (tertiary/aromatic N) is 1. The Morgan fingerprint density at radius 2 is 2.12 bits per heavy atom. The molecule has 26 heavy (non-hydrogen) atoms. The second kappa shape index (κ2) is 9.89. The average molecular weight is 359 g/mol. The van der Waals surface area contributed by atoms with Crippen LogP contribution in [-0.4, -0.2) is 58.9 Å². The average Bonchev–Trinajstić information content (AvgIpc) is 2.98. The highest BCUT2D eigenvalue weighted by Crippen LogP contribution is 2.20. The molecule has 1 saturated heterocycles. The fourth-order valence-electron chi connectivity index (χ4n) is 2.89. The summed E-state index contributed by atoms with van der Waals surface area (Å²) >= 11 is 0. The van der Waals surface area contributed by atoms with Crippen LogP contribution >= 0.6 is 0 Å². The first-order chi connectivity index (χ1) is 12.5. The Hall–Kier alpha value is -2.44. The van der Waals surface area contributed by atoms with Gasteiger partial charge in [0.15, 0.2) is 0 Å². The van der Waals surface area contributed by atoms with E-state index in [1.807, 2.05) is 6.08 Å². The number of hydrogen-bond acceptors (Lipinski definition) is 4. The largest absolute Gasteiger partial charge is 0.478 e. The SMILES string of the molecule is C=CCOCC(O)C=CC1CCC(=O)N1CCc1ccc(C(=O)O)cc1. The minimum absolute atomic E-state index is 0.0325. The van der Waals surface area contributed by atoms with Crippen molar-refractivity contribution in [3.63, 3.8) is 0 Å². The van der Waals surface area contributed by atoms with E-state index >= 15 is 0 Å². The van der Waals surface area contributed by atoms with E-state index in [0.717, 1.165) is 12.0 Å². The third kappa shape index (κ3) is 5.82. The maximum Gasteiger partial charge on any atom is 0.335 e. The van der Waals surface area contributed by atoms with E-state index in [2.05, 4.69) is 6.58 Å². The molecule has 1 aromatic carbocycles. The van der Waals surface area contributed by atoms with Gasteiger partial charge in [-0.25, -0.2) is 4.79 Å². The molecule has 0 spiro atoms. The van der Waals surface area contributed by atoms with E-state index in [0.29, 0.717) is 26.0 Å². The number of carbonyl (C=O) groups is 2. The first kappa shape index (κ1) is 19.9. The Bertz CT molecular complexity index is 653. The van der Waals surface area contributed by atoms with Crippen molar-refractivity contribution in [3.8, 4) is 0 Å². The number of hydrogen-bond donors (Lipinski definition) is 2. The fraction of sp³-hybridized carbons (Fsp3) is 0.400. The molecule has 0 aliphatic carbocycles. The van der Waals surface area contributed by atoms with Crippen molar-refractivity contribution in [2.24, 2.45) is 0 Å². The predicted octanol–water partition coefficient (Wildman–Crippen LogP) is 2.04. The Balaban J connectivity index is 1.88. The number of ether oxygens (including phenoxy) is 1. The molecule has 6 heteroatoms. The minimum atomic E-state index is -0.952. The van der Waals surface area contributed by atoms with Gasteiger partial charge in [-0.05, 0) is 30.5 Å². The number of carboxylic acids is 1. The summed E-state index contributed by atoms with van der Waals surface area (Å²) in [5.74, 6) is -0.855. The predicted molar refractivity (Wildman–Crippen MR) is 98.0 cm³/mol. The number of likely N-dealkylation sites (tertiary alicyclic amines) is 1. The van der Waals surface area contributed by atoms with Crippen molar-refractivity contribution < 1.29 is 24.5 Å². The maximum absolute atomic E-state index is 12.1. The van der Waals surface area contributed by atoms with Crippen molar-refractivity contribution in [3.05, 3.63) is 60.2 Å². The first-order valence-corrected chi connectivity index (χ1v) is 8.68. The molecule has 6 nitrogen and oxygen atoms in total. The van der Waals surface area contributed by atoms with Gasteiger partial charge < -0.3 is 19.8 Å². The lowest BCUT2D eigenvalue weighted by Crippen LogP contribution is -2.33. The zero-order chi connectivity index (χ0) is 18.9. The summed E-state index contributed by atoms with van der Waals surface area (Å²) in [5.41, 5.74) is 1.23. The summed E-state index contributed by atoms with van der Waals surface area (Å²) < 4.78 is 5.20. The van der Waals surface area contributed by atoms with Gasteiger partial charge >= 0.3 is 5.97 Å². The first-order valence-electron chi connectivity index (χ1n) is 8.68. The van der Waals surface area contributed by atoms with Gasteiger partial charge in [0.25, 0.3) is 0 Å². The van der Waals surface area contributed by atoms with Crippen LogP contribution in [0.5, 0.6) is 0 Å². The summed E-state index contributed by atoms with van der Waals surface area (Å²) in [5, 5.41) is 18.8. The number of aliphatic hydroxyl groups excluding tert-OH is 1. The van der Waals surface area contributed by atoms with Gasteiger partial charge in [0.2, 0.25) is 5.91 Å². The highest BCUT2D eigenvalue weighted by molar-refractivity contribution is 5.87. The van der Waals surface area contributed by atoms with E-state index in [1.54, 1.807) is 41.3 Å². The normalized spacial score (nSPS) is 18.4. The molecule has 2 atom stereocenters. The molecule has 1 aliphatic heterocycles. The molecule has 1 aromatic rings. The number of carboxylic acid groups (broad SMARTS) is 1.